The SMILES string of the molecule is Cc1ccccc1C1=C(Nc2ccccc2)C=CC(=c2ccc3c(c2)C(F)(F)c2cc(=C4N=C(c5ccccc5)N=C(c5ccccc5)N4)ccc2=3)C1. The molecule has 6 aromatic rings. The van der Waals surface area contributed by atoms with E-state index in [-0.39, 0.29) is 11.1 Å². The van der Waals surface area contributed by atoms with E-state index in [0.717, 1.165) is 50.0 Å². The number of rotatable bonds is 5. The van der Waals surface area contributed by atoms with Crippen LogP contribution in [0, 0.1) is 17.4 Å². The van der Waals surface area contributed by atoms with Crippen molar-refractivity contribution < 1.29 is 8.78 Å². The largest absolute Gasteiger partial charge is 0.355 e. The Kier molecular flexibility index (Phi) is 8.00. The van der Waals surface area contributed by atoms with Crippen LogP contribution in [0.25, 0.3) is 17.0 Å². The Labute approximate surface area is 305 Å². The lowest BCUT2D eigenvalue weighted by Gasteiger charge is -2.22. The second kappa shape index (κ2) is 13.1. The average molecular weight is 693 g/mol. The van der Waals surface area contributed by atoms with Crippen molar-refractivity contribution in [3.05, 3.63) is 224 Å². The monoisotopic (exact) mass is 692 g/mol. The molecule has 0 fully saturated rings. The van der Waals surface area contributed by atoms with Gasteiger partial charge in [-0.05, 0) is 75.2 Å². The van der Waals surface area contributed by atoms with Gasteiger partial charge >= 0.3 is 0 Å². The first kappa shape index (κ1) is 32.3. The molecule has 0 atom stereocenters. The maximum absolute atomic E-state index is 16.7. The minimum absolute atomic E-state index is 0.0132. The number of anilines is 1. The third kappa shape index (κ3) is 5.98. The number of para-hydroxylation sites is 1. The summed E-state index contributed by atoms with van der Waals surface area (Å²) in [5.41, 5.74) is 8.06. The number of amidine groups is 2. The van der Waals surface area contributed by atoms with Gasteiger partial charge in [0.25, 0.3) is 5.92 Å². The Balaban J connectivity index is 1.14. The molecule has 53 heavy (non-hydrogen) atoms. The minimum Gasteiger partial charge on any atom is -0.355 e. The molecule has 6 aromatic carbocycles. The lowest BCUT2D eigenvalue weighted by atomic mass is 9.88. The van der Waals surface area contributed by atoms with Gasteiger partial charge < -0.3 is 10.6 Å². The van der Waals surface area contributed by atoms with Gasteiger partial charge in [0, 0.05) is 45.3 Å². The molecule has 2 aliphatic carbocycles. The summed E-state index contributed by atoms with van der Waals surface area (Å²) in [4.78, 5) is 9.65. The van der Waals surface area contributed by atoms with Crippen LogP contribution in [0.3, 0.4) is 0 Å². The molecule has 0 radical (unpaired) electrons. The summed E-state index contributed by atoms with van der Waals surface area (Å²) < 4.78 is 33.3. The van der Waals surface area contributed by atoms with Crippen LogP contribution in [0.5, 0.6) is 0 Å². The molecule has 1 aliphatic heterocycles. The Morgan fingerprint density at radius 3 is 1.92 bits per heavy atom. The minimum atomic E-state index is -3.21. The lowest BCUT2D eigenvalue weighted by molar-refractivity contribution is 0.0452. The Hall–Kier alpha value is -6.66. The van der Waals surface area contributed by atoms with Crippen molar-refractivity contribution in [1.82, 2.24) is 5.32 Å². The summed E-state index contributed by atoms with van der Waals surface area (Å²) >= 11 is 0. The maximum Gasteiger partial charge on any atom is 0.299 e. The van der Waals surface area contributed by atoms with Crippen molar-refractivity contribution in [1.29, 1.82) is 0 Å². The third-order valence-corrected chi connectivity index (χ3v) is 10.1. The quantitative estimate of drug-likeness (QED) is 0.190. The van der Waals surface area contributed by atoms with E-state index >= 15 is 8.78 Å². The van der Waals surface area contributed by atoms with Crippen LogP contribution < -0.4 is 21.1 Å². The van der Waals surface area contributed by atoms with E-state index in [9.17, 15) is 0 Å². The molecule has 1 heterocycles. The van der Waals surface area contributed by atoms with Gasteiger partial charge in [0.15, 0.2) is 5.84 Å². The van der Waals surface area contributed by atoms with Crippen LogP contribution in [0.4, 0.5) is 14.5 Å². The fourth-order valence-electron chi connectivity index (χ4n) is 7.33. The number of alkyl halides is 2. The fraction of sp³-hybridized carbons (Fsp3) is 0.0638. The number of aryl methyl sites for hydroxylation is 1. The van der Waals surface area contributed by atoms with E-state index in [2.05, 4.69) is 35.8 Å². The molecule has 0 bridgehead atoms. The van der Waals surface area contributed by atoms with Crippen molar-refractivity contribution in [3.8, 4) is 0 Å². The first-order valence-electron chi connectivity index (χ1n) is 17.7. The third-order valence-electron chi connectivity index (χ3n) is 10.1. The van der Waals surface area contributed by atoms with Crippen LogP contribution in [-0.4, -0.2) is 11.7 Å². The van der Waals surface area contributed by atoms with Gasteiger partial charge in [0.05, 0.1) is 0 Å². The highest BCUT2D eigenvalue weighted by atomic mass is 19.3. The highest BCUT2D eigenvalue weighted by molar-refractivity contribution is 6.16. The molecular formula is C47H34F2N4. The number of nitrogens with one attached hydrogen (secondary N) is 2. The highest BCUT2D eigenvalue weighted by Crippen LogP contribution is 2.41. The van der Waals surface area contributed by atoms with E-state index < -0.39 is 5.92 Å². The second-order valence-corrected chi connectivity index (χ2v) is 13.4. The van der Waals surface area contributed by atoms with Crippen molar-refractivity contribution >= 4 is 34.3 Å². The van der Waals surface area contributed by atoms with Crippen LogP contribution in [0.1, 0.15) is 39.8 Å². The zero-order valence-corrected chi connectivity index (χ0v) is 28.9. The maximum atomic E-state index is 16.7. The zero-order chi connectivity index (χ0) is 35.9. The number of nitrogens with zero attached hydrogens (tertiary/aromatic N) is 2. The molecule has 9 rings (SSSR count). The molecule has 2 N–H and O–H groups in total. The molecule has 0 amide bonds. The molecule has 3 aliphatic rings. The summed E-state index contributed by atoms with van der Waals surface area (Å²) in [5.74, 6) is -1.63. The second-order valence-electron chi connectivity index (χ2n) is 13.4. The van der Waals surface area contributed by atoms with Gasteiger partial charge in [-0.2, -0.15) is 8.78 Å². The Morgan fingerprint density at radius 1 is 0.623 bits per heavy atom. The summed E-state index contributed by atoms with van der Waals surface area (Å²) in [7, 11) is 0. The van der Waals surface area contributed by atoms with Crippen LogP contribution in [0.2, 0.25) is 0 Å². The molecule has 256 valence electrons. The van der Waals surface area contributed by atoms with E-state index in [4.69, 9.17) is 9.98 Å². The lowest BCUT2D eigenvalue weighted by Crippen LogP contribution is -2.32. The number of aliphatic imine (C=N–C) groups is 2. The molecule has 6 heteroatoms. The molecule has 4 nitrogen and oxygen atoms in total. The number of hydrogen-bond donors (Lipinski definition) is 2. The highest BCUT2D eigenvalue weighted by Gasteiger charge is 2.40. The summed E-state index contributed by atoms with van der Waals surface area (Å²) in [6.07, 6.45) is 4.70. The number of fused-ring (bicyclic) bond motifs is 2. The molecule has 0 saturated carbocycles. The van der Waals surface area contributed by atoms with Gasteiger partial charge in [-0.1, -0.05) is 133 Å². The number of allylic oxidation sites excluding steroid dienone is 3. The smallest absolute Gasteiger partial charge is 0.299 e. The number of halogens is 2. The standard InChI is InChI=1S/C47H34F2N4/c1-30-13-11-12-20-37(30)40-27-33(23-26-43(40)50-36-18-9-4-10-19-36)34-21-24-38-39-25-22-35(29-42(39)47(48,49)41(38)28-34)46-52-44(31-14-5-2-6-15-31)51-45(53-46)32-16-7-3-8-17-32/h2-26,28-29,50H,27H2,1H3,(H,51,52,53). The van der Waals surface area contributed by atoms with Gasteiger partial charge in [0.1, 0.15) is 11.7 Å². The van der Waals surface area contributed by atoms with Crippen LogP contribution >= 0.6 is 0 Å². The summed E-state index contributed by atoms with van der Waals surface area (Å²) in [6.45, 7) is 2.10. The van der Waals surface area contributed by atoms with Gasteiger partial charge in [0.2, 0.25) is 0 Å². The summed E-state index contributed by atoms with van der Waals surface area (Å²) in [6, 6.07) is 48.5. The molecule has 0 saturated heterocycles. The normalized spacial score (nSPS) is 17.7. The number of hydrogen-bond acceptors (Lipinski definition) is 4. The molecular weight excluding hydrogens is 659 g/mol. The van der Waals surface area contributed by atoms with E-state index in [1.54, 1.807) is 18.2 Å². The molecule has 0 unspecified atom stereocenters. The van der Waals surface area contributed by atoms with Crippen molar-refractivity contribution in [2.24, 2.45) is 9.98 Å². The predicted octanol–water partition coefficient (Wildman–Crippen LogP) is 8.93. The van der Waals surface area contributed by atoms with Gasteiger partial charge in [-0.25, -0.2) is 9.98 Å². The summed E-state index contributed by atoms with van der Waals surface area (Å²) in [5, 5.41) is 9.33. The zero-order valence-electron chi connectivity index (χ0n) is 28.9. The van der Waals surface area contributed by atoms with Crippen molar-refractivity contribution in [2.75, 3.05) is 5.32 Å². The van der Waals surface area contributed by atoms with Crippen LogP contribution in [-0.2, 0) is 5.92 Å². The number of benzene rings is 6. The van der Waals surface area contributed by atoms with E-state index in [1.807, 2.05) is 127 Å². The first-order chi connectivity index (χ1) is 25.9. The fourth-order valence-corrected chi connectivity index (χ4v) is 7.33. The van der Waals surface area contributed by atoms with Gasteiger partial charge in [-0.3, -0.25) is 0 Å². The van der Waals surface area contributed by atoms with Crippen LogP contribution in [0.15, 0.2) is 179 Å². The molecule has 0 aromatic heterocycles. The molecule has 0 spiro atoms. The van der Waals surface area contributed by atoms with E-state index in [0.29, 0.717) is 39.6 Å². The first-order valence-corrected chi connectivity index (χ1v) is 17.7. The van der Waals surface area contributed by atoms with Gasteiger partial charge in [-0.15, -0.1) is 0 Å². The predicted molar refractivity (Wildman–Crippen MR) is 211 cm³/mol. The topological polar surface area (TPSA) is 48.8 Å². The average Bonchev–Trinajstić information content (AvgIpc) is 3.44. The Morgan fingerprint density at radius 2 is 1.23 bits per heavy atom. The van der Waals surface area contributed by atoms with Crippen molar-refractivity contribution in [2.45, 2.75) is 19.3 Å². The van der Waals surface area contributed by atoms with Crippen molar-refractivity contribution in [3.63, 3.8) is 0 Å². The van der Waals surface area contributed by atoms with E-state index in [1.165, 1.54) is 0 Å². The Bertz CT molecular complexity index is 2770.